The first-order valence-corrected chi connectivity index (χ1v) is 12.0. The van der Waals surface area contributed by atoms with Gasteiger partial charge >= 0.3 is 0 Å². The molecular weight excluding hydrogens is 424 g/mol. The molecule has 0 fully saturated rings. The molecular formula is C24H24N4OS2. The molecule has 0 spiro atoms. The normalized spacial score (nSPS) is 10.9. The van der Waals surface area contributed by atoms with Crippen molar-refractivity contribution in [3.05, 3.63) is 83.1 Å². The fourth-order valence-electron chi connectivity index (χ4n) is 3.41. The van der Waals surface area contributed by atoms with Crippen molar-refractivity contribution < 1.29 is 4.79 Å². The number of hydrogen-bond donors (Lipinski definition) is 0. The first-order chi connectivity index (χ1) is 15.1. The minimum atomic E-state index is -0.0376. The van der Waals surface area contributed by atoms with Crippen LogP contribution in [0.3, 0.4) is 0 Å². The van der Waals surface area contributed by atoms with Crippen LogP contribution in [0, 0.1) is 6.92 Å². The first kappa shape index (κ1) is 21.3. The predicted molar refractivity (Wildman–Crippen MR) is 129 cm³/mol. The Bertz CT molecular complexity index is 1200. The van der Waals surface area contributed by atoms with Crippen LogP contribution < -0.4 is 4.90 Å². The van der Waals surface area contributed by atoms with Crippen molar-refractivity contribution in [3.8, 4) is 5.69 Å². The van der Waals surface area contributed by atoms with Crippen LogP contribution in [0.25, 0.3) is 5.69 Å². The maximum atomic E-state index is 12.5. The lowest BCUT2D eigenvalue weighted by molar-refractivity contribution is -0.115. The van der Waals surface area contributed by atoms with Gasteiger partial charge in [-0.05, 0) is 42.7 Å². The second-order valence-corrected chi connectivity index (χ2v) is 8.94. The molecule has 7 heteroatoms. The molecule has 0 N–H and O–H groups in total. The lowest BCUT2D eigenvalue weighted by Gasteiger charge is -2.20. The van der Waals surface area contributed by atoms with Gasteiger partial charge in [0.05, 0.1) is 11.4 Å². The van der Waals surface area contributed by atoms with Crippen LogP contribution in [-0.2, 0) is 17.0 Å². The number of benzene rings is 2. The van der Waals surface area contributed by atoms with Crippen molar-refractivity contribution in [2.75, 3.05) is 4.90 Å². The molecule has 0 unspecified atom stereocenters. The van der Waals surface area contributed by atoms with E-state index < -0.39 is 0 Å². The molecule has 0 atom stereocenters. The van der Waals surface area contributed by atoms with Crippen molar-refractivity contribution in [1.29, 1.82) is 0 Å². The van der Waals surface area contributed by atoms with Gasteiger partial charge in [-0.2, -0.15) is 0 Å². The minimum absolute atomic E-state index is 0.0376. The van der Waals surface area contributed by atoms with Crippen LogP contribution in [0.2, 0.25) is 0 Å². The molecule has 4 aromatic rings. The summed E-state index contributed by atoms with van der Waals surface area (Å²) in [6.07, 6.45) is 4.65. The summed E-state index contributed by atoms with van der Waals surface area (Å²) >= 11 is 3.13. The van der Waals surface area contributed by atoms with E-state index in [0.717, 1.165) is 34.2 Å². The molecule has 0 saturated heterocycles. The largest absolute Gasteiger partial charge is 0.295 e. The lowest BCUT2D eigenvalue weighted by Crippen LogP contribution is -2.23. The van der Waals surface area contributed by atoms with E-state index >= 15 is 0 Å². The van der Waals surface area contributed by atoms with Crippen LogP contribution in [-0.4, -0.2) is 20.4 Å². The van der Waals surface area contributed by atoms with Gasteiger partial charge in [-0.15, -0.1) is 11.3 Å². The van der Waals surface area contributed by atoms with Crippen LogP contribution in [0.5, 0.6) is 0 Å². The summed E-state index contributed by atoms with van der Waals surface area (Å²) in [5.41, 5.74) is 5.27. The van der Waals surface area contributed by atoms with Crippen molar-refractivity contribution in [2.45, 2.75) is 38.1 Å². The average molecular weight is 449 g/mol. The van der Waals surface area contributed by atoms with Gasteiger partial charge < -0.3 is 0 Å². The molecule has 0 radical (unpaired) electrons. The first-order valence-electron chi connectivity index (χ1n) is 10.1. The molecule has 0 aliphatic heterocycles. The number of thioether (sulfide) groups is 1. The lowest BCUT2D eigenvalue weighted by atomic mass is 10.1. The molecule has 0 aliphatic carbocycles. The maximum absolute atomic E-state index is 12.5. The summed E-state index contributed by atoms with van der Waals surface area (Å²) < 4.78 is 2.09. The summed E-state index contributed by atoms with van der Waals surface area (Å²) in [5.74, 6) is 0.643. The molecule has 4 rings (SSSR count). The topological polar surface area (TPSA) is 51.0 Å². The fourth-order valence-corrected chi connectivity index (χ4v) is 5.26. The van der Waals surface area contributed by atoms with Crippen LogP contribution in [0.4, 0.5) is 10.8 Å². The zero-order chi connectivity index (χ0) is 21.8. The third kappa shape index (κ3) is 4.73. The number of rotatable bonds is 7. The Hall–Kier alpha value is -2.90. The number of thiazole rings is 1. The van der Waals surface area contributed by atoms with Gasteiger partial charge in [0.1, 0.15) is 0 Å². The number of aromatic nitrogens is 3. The molecule has 0 bridgehead atoms. The van der Waals surface area contributed by atoms with E-state index in [0.29, 0.717) is 10.9 Å². The highest BCUT2D eigenvalue weighted by atomic mass is 32.2. The molecule has 2 heterocycles. The van der Waals surface area contributed by atoms with Crippen LogP contribution in [0.15, 0.2) is 71.5 Å². The second-order valence-electron chi connectivity index (χ2n) is 7.17. The van der Waals surface area contributed by atoms with E-state index in [-0.39, 0.29) is 5.91 Å². The summed E-state index contributed by atoms with van der Waals surface area (Å²) in [7, 11) is 0. The summed E-state index contributed by atoms with van der Waals surface area (Å²) in [5, 5.41) is 3.64. The monoisotopic (exact) mass is 448 g/mol. The Kier molecular flexibility index (Phi) is 6.53. The number of nitrogens with zero attached hydrogens (tertiary/aromatic N) is 4. The maximum Gasteiger partial charge on any atom is 0.230 e. The predicted octanol–water partition coefficient (Wildman–Crippen LogP) is 6.18. The SMILES string of the molecule is CCc1ccccc1N(C(C)=O)c1nc(CSc2nccn2-c2cccc(C)c2)cs1. The molecule has 0 aliphatic rings. The molecule has 0 saturated carbocycles. The van der Waals surface area contributed by atoms with Crippen molar-refractivity contribution in [1.82, 2.24) is 14.5 Å². The van der Waals surface area contributed by atoms with E-state index in [4.69, 9.17) is 4.98 Å². The van der Waals surface area contributed by atoms with Gasteiger partial charge in [0.15, 0.2) is 10.3 Å². The summed E-state index contributed by atoms with van der Waals surface area (Å²) in [6.45, 7) is 5.76. The number of anilines is 2. The highest BCUT2D eigenvalue weighted by Crippen LogP contribution is 2.33. The van der Waals surface area contributed by atoms with E-state index in [9.17, 15) is 4.79 Å². The number of amides is 1. The van der Waals surface area contributed by atoms with E-state index in [2.05, 4.69) is 53.7 Å². The summed E-state index contributed by atoms with van der Waals surface area (Å²) in [6, 6.07) is 16.4. The van der Waals surface area contributed by atoms with Crippen LogP contribution >= 0.6 is 23.1 Å². The fraction of sp³-hybridized carbons (Fsp3) is 0.208. The quantitative estimate of drug-likeness (QED) is 0.317. The Labute approximate surface area is 190 Å². The molecule has 2 aromatic heterocycles. The van der Waals surface area contributed by atoms with Gasteiger partial charge in [-0.3, -0.25) is 14.3 Å². The molecule has 2 aromatic carbocycles. The summed E-state index contributed by atoms with van der Waals surface area (Å²) in [4.78, 5) is 23.5. The zero-order valence-corrected chi connectivity index (χ0v) is 19.4. The number of para-hydroxylation sites is 1. The van der Waals surface area contributed by atoms with Crippen molar-refractivity contribution in [2.24, 2.45) is 0 Å². The van der Waals surface area contributed by atoms with Crippen molar-refractivity contribution in [3.63, 3.8) is 0 Å². The third-order valence-corrected chi connectivity index (χ3v) is 6.77. The number of imidazole rings is 1. The van der Waals surface area contributed by atoms with Gasteiger partial charge in [0, 0.05) is 36.1 Å². The van der Waals surface area contributed by atoms with E-state index in [1.54, 1.807) is 23.6 Å². The standard InChI is InChI=1S/C24H24N4OS2/c1-4-19-9-5-6-11-22(19)28(18(3)29)24-26-20(16-31-24)15-30-23-25-12-13-27(23)21-10-7-8-17(2)14-21/h5-14,16H,4,15H2,1-3H3. The average Bonchev–Trinajstić information content (AvgIpc) is 3.42. The number of hydrogen-bond acceptors (Lipinski definition) is 5. The van der Waals surface area contributed by atoms with Crippen molar-refractivity contribution >= 4 is 39.8 Å². The van der Waals surface area contributed by atoms with Gasteiger partial charge in [0.2, 0.25) is 5.91 Å². The van der Waals surface area contributed by atoms with Gasteiger partial charge in [0.25, 0.3) is 0 Å². The molecule has 158 valence electrons. The van der Waals surface area contributed by atoms with E-state index in [1.165, 1.54) is 16.9 Å². The Morgan fingerprint density at radius 2 is 2.03 bits per heavy atom. The number of carbonyl (C=O) groups is 1. The van der Waals surface area contributed by atoms with Gasteiger partial charge in [-0.25, -0.2) is 9.97 Å². The van der Waals surface area contributed by atoms with Gasteiger partial charge in [-0.1, -0.05) is 49.0 Å². The highest BCUT2D eigenvalue weighted by Gasteiger charge is 2.20. The third-order valence-electron chi connectivity index (χ3n) is 4.89. The second kappa shape index (κ2) is 9.49. The zero-order valence-electron chi connectivity index (χ0n) is 17.8. The molecule has 1 amide bonds. The Morgan fingerprint density at radius 1 is 1.19 bits per heavy atom. The number of aryl methyl sites for hydroxylation is 2. The highest BCUT2D eigenvalue weighted by molar-refractivity contribution is 7.98. The molecule has 5 nitrogen and oxygen atoms in total. The smallest absolute Gasteiger partial charge is 0.230 e. The van der Waals surface area contributed by atoms with Crippen LogP contribution in [0.1, 0.15) is 30.7 Å². The van der Waals surface area contributed by atoms with E-state index in [1.807, 2.05) is 36.0 Å². The molecule has 31 heavy (non-hydrogen) atoms. The number of carbonyl (C=O) groups excluding carboxylic acids is 1. The minimum Gasteiger partial charge on any atom is -0.295 e. The Morgan fingerprint density at radius 3 is 2.81 bits per heavy atom. The Balaban J connectivity index is 1.54.